The predicted molar refractivity (Wildman–Crippen MR) is 49.6 cm³/mol. The fraction of sp³-hybridized carbons (Fsp3) is 0. The summed E-state index contributed by atoms with van der Waals surface area (Å²) in [4.78, 5) is 19.3. The molecular weight excluding hydrogens is 255 g/mol. The van der Waals surface area contributed by atoms with Crippen LogP contribution in [0.5, 0.6) is 5.75 Å². The minimum absolute atomic E-state index is 0.0903. The van der Waals surface area contributed by atoms with Crippen LogP contribution in [0.2, 0.25) is 0 Å². The predicted octanol–water partition coefficient (Wildman–Crippen LogP) is -0.533. The van der Waals surface area contributed by atoms with Gasteiger partial charge in [-0.3, -0.25) is 0 Å². The van der Waals surface area contributed by atoms with Crippen molar-refractivity contribution in [2.45, 2.75) is 0 Å². The molecule has 1 rings (SSSR count). The Morgan fingerprint density at radius 2 is 1.79 bits per heavy atom. The van der Waals surface area contributed by atoms with E-state index in [0.29, 0.717) is 0 Å². The van der Waals surface area contributed by atoms with Crippen molar-refractivity contribution >= 4 is 32.6 Å². The van der Waals surface area contributed by atoms with Crippen molar-refractivity contribution in [3.63, 3.8) is 0 Å². The molecule has 0 spiro atoms. The topological polar surface area (TPSA) is 107 Å². The molecule has 0 saturated carbocycles. The van der Waals surface area contributed by atoms with Crippen LogP contribution in [0.3, 0.4) is 0 Å². The third kappa shape index (κ3) is 1.67. The Morgan fingerprint density at radius 3 is 2.21 bits per heavy atom. The summed E-state index contributed by atoms with van der Waals surface area (Å²) in [5.74, 6) is -0.556. The number of hydrogen-bond acceptors (Lipinski definition) is 5. The van der Waals surface area contributed by atoms with Gasteiger partial charge in [0.1, 0.15) is 0 Å². The average Bonchev–Trinajstić information content (AvgIpc) is 2.02. The number of rotatable bonds is 2. The molecule has 0 aliphatic rings. The Hall–Kier alpha value is -1.62. The third-order valence-corrected chi connectivity index (χ3v) is 2.75. The molecule has 1 unspecified atom stereocenters. The molecule has 8 heteroatoms. The number of nitro benzene ring substituents is 2. The summed E-state index contributed by atoms with van der Waals surface area (Å²) in [7, 11) is 0. The Balaban J connectivity index is 3.49. The first kappa shape index (κ1) is 10.5. The molecule has 1 N–H and O–H groups in total. The molecule has 1 aromatic rings. The van der Waals surface area contributed by atoms with Gasteiger partial charge < -0.3 is 0 Å². The summed E-state index contributed by atoms with van der Waals surface area (Å²) in [6, 6.07) is 1.98. The van der Waals surface area contributed by atoms with Crippen LogP contribution >= 0.6 is 0 Å². The van der Waals surface area contributed by atoms with Gasteiger partial charge in [-0.15, -0.1) is 0 Å². The van der Waals surface area contributed by atoms with Gasteiger partial charge in [0.2, 0.25) is 0 Å². The molecule has 0 bridgehead atoms. The summed E-state index contributed by atoms with van der Waals surface area (Å²) in [6.07, 6.45) is 0. The van der Waals surface area contributed by atoms with Crippen LogP contribution in [-0.4, -0.2) is 31.8 Å². The molecule has 14 heavy (non-hydrogen) atoms. The Morgan fingerprint density at radius 1 is 1.21 bits per heavy atom. The van der Waals surface area contributed by atoms with Crippen molar-refractivity contribution in [2.24, 2.45) is 0 Å². The number of hydrogen-bond donors (Lipinski definition) is 1. The van der Waals surface area contributed by atoms with Crippen molar-refractivity contribution < 1.29 is 15.0 Å². The van der Waals surface area contributed by atoms with Gasteiger partial charge in [-0.25, -0.2) is 0 Å². The van der Waals surface area contributed by atoms with Crippen LogP contribution in [0.4, 0.5) is 11.4 Å². The number of phenols is 1. The molecule has 0 aliphatic carbocycles. The first-order valence-electron chi connectivity index (χ1n) is 3.35. The molecule has 0 heterocycles. The molecule has 0 saturated heterocycles. The number of phenolic OH excluding ortho intramolecular Hbond substituents is 1. The van der Waals surface area contributed by atoms with Gasteiger partial charge in [0, 0.05) is 0 Å². The molecule has 74 valence electrons. The van der Waals surface area contributed by atoms with Crippen molar-refractivity contribution in [3.05, 3.63) is 32.4 Å². The van der Waals surface area contributed by atoms with Gasteiger partial charge in [-0.2, -0.15) is 0 Å². The maximum absolute atomic E-state index is 10.5. The van der Waals surface area contributed by atoms with Crippen LogP contribution in [0.1, 0.15) is 0 Å². The molecule has 1 aromatic carbocycles. The van der Waals surface area contributed by atoms with E-state index in [2.05, 4.69) is 0 Å². The quantitative estimate of drug-likeness (QED) is 0.437. The van der Waals surface area contributed by atoms with Crippen molar-refractivity contribution in [3.8, 4) is 5.75 Å². The SMILES string of the molecule is O=[N+]([O-])c1ccc(O)c([N+](=O)[O-])c1[AsH2]. The van der Waals surface area contributed by atoms with Gasteiger partial charge in [0.15, 0.2) is 0 Å². The Kier molecular flexibility index (Phi) is 2.71. The summed E-state index contributed by atoms with van der Waals surface area (Å²) < 4.78 is -0.0903. The molecule has 0 aromatic heterocycles. The fourth-order valence-corrected chi connectivity index (χ4v) is 1.89. The Labute approximate surface area is 86.2 Å². The monoisotopic (exact) mass is 260 g/mol. The van der Waals surface area contributed by atoms with E-state index in [0.717, 1.165) is 29.0 Å². The van der Waals surface area contributed by atoms with Gasteiger partial charge in [0.05, 0.1) is 0 Å². The van der Waals surface area contributed by atoms with Crippen LogP contribution < -0.4 is 4.35 Å². The van der Waals surface area contributed by atoms with Gasteiger partial charge >= 0.3 is 85.6 Å². The fourth-order valence-electron chi connectivity index (χ4n) is 0.937. The zero-order valence-electron chi connectivity index (χ0n) is 6.71. The van der Waals surface area contributed by atoms with Crippen molar-refractivity contribution in [1.29, 1.82) is 0 Å². The average molecular weight is 260 g/mol. The summed E-state index contributed by atoms with van der Waals surface area (Å²) in [5, 5.41) is 30.0. The Bertz CT molecular complexity index is 419. The van der Waals surface area contributed by atoms with E-state index in [1.165, 1.54) is 0 Å². The maximum atomic E-state index is 10.5. The van der Waals surface area contributed by atoms with Crippen LogP contribution in [-0.2, 0) is 0 Å². The van der Waals surface area contributed by atoms with E-state index in [4.69, 9.17) is 5.11 Å². The number of benzene rings is 1. The molecule has 0 radical (unpaired) electrons. The van der Waals surface area contributed by atoms with Gasteiger partial charge in [-0.05, 0) is 0 Å². The molecular formula is C6H5AsN2O5. The number of aromatic hydroxyl groups is 1. The van der Waals surface area contributed by atoms with Crippen LogP contribution in [0.25, 0.3) is 0 Å². The second kappa shape index (κ2) is 3.63. The number of nitrogens with zero attached hydrogens (tertiary/aromatic N) is 2. The molecule has 7 nitrogen and oxygen atoms in total. The zero-order chi connectivity index (χ0) is 10.9. The van der Waals surface area contributed by atoms with E-state index in [1.54, 1.807) is 0 Å². The van der Waals surface area contributed by atoms with E-state index < -0.39 is 21.3 Å². The molecule has 0 aliphatic heterocycles. The second-order valence-corrected chi connectivity index (χ2v) is 3.59. The van der Waals surface area contributed by atoms with Crippen molar-refractivity contribution in [2.75, 3.05) is 0 Å². The second-order valence-electron chi connectivity index (χ2n) is 2.38. The van der Waals surface area contributed by atoms with Gasteiger partial charge in [0.25, 0.3) is 0 Å². The summed E-state index contributed by atoms with van der Waals surface area (Å²) >= 11 is 0.728. The molecule has 0 fully saturated rings. The number of nitro groups is 2. The summed E-state index contributed by atoms with van der Waals surface area (Å²) in [5.41, 5.74) is -0.950. The van der Waals surface area contributed by atoms with E-state index in [9.17, 15) is 20.2 Å². The normalized spacial score (nSPS) is 9.79. The summed E-state index contributed by atoms with van der Waals surface area (Å²) in [6.45, 7) is 0. The first-order valence-corrected chi connectivity index (χ1v) is 4.56. The molecule has 0 amide bonds. The first-order chi connectivity index (χ1) is 6.45. The van der Waals surface area contributed by atoms with Crippen molar-refractivity contribution in [1.82, 2.24) is 0 Å². The third-order valence-electron chi connectivity index (χ3n) is 1.55. The van der Waals surface area contributed by atoms with Crippen LogP contribution in [0, 0.1) is 20.2 Å². The molecule has 1 atom stereocenters. The van der Waals surface area contributed by atoms with E-state index in [-0.39, 0.29) is 10.0 Å². The van der Waals surface area contributed by atoms with Crippen LogP contribution in [0.15, 0.2) is 12.1 Å². The van der Waals surface area contributed by atoms with E-state index >= 15 is 0 Å². The van der Waals surface area contributed by atoms with E-state index in [1.807, 2.05) is 0 Å². The van der Waals surface area contributed by atoms with Gasteiger partial charge in [-0.1, -0.05) is 0 Å². The minimum atomic E-state index is -0.834. The zero-order valence-corrected chi connectivity index (χ0v) is 9.13. The standard InChI is InChI=1S/C6H5AsN2O5/c7-5-3(8(11)12)1-2-4(10)6(5)9(13)14/h1-2,10H,7H2.